The number of hydrogen-bond donors (Lipinski definition) is 0. The van der Waals surface area contributed by atoms with Crippen LogP contribution in [0.3, 0.4) is 0 Å². The summed E-state index contributed by atoms with van der Waals surface area (Å²) >= 11 is 0. The number of hydrogen-bond acceptors (Lipinski definition) is 5. The van der Waals surface area contributed by atoms with Crippen LogP contribution in [0.2, 0.25) is 0 Å². The van der Waals surface area contributed by atoms with E-state index in [1.165, 1.54) is 0 Å². The number of carbonyl (C=O) groups excluding carboxylic acids is 1. The number of esters is 1. The van der Waals surface area contributed by atoms with Crippen LogP contribution in [0.5, 0.6) is 0 Å². The van der Waals surface area contributed by atoms with E-state index < -0.39 is 28.4 Å². The molecule has 0 saturated carbocycles. The number of aliphatic imine (C=N–C) groups is 1. The van der Waals surface area contributed by atoms with E-state index in [1.807, 2.05) is 60.7 Å². The van der Waals surface area contributed by atoms with Gasteiger partial charge < -0.3 is 4.74 Å². The summed E-state index contributed by atoms with van der Waals surface area (Å²) in [6.45, 7) is 5.18. The molecule has 0 aromatic heterocycles. The van der Waals surface area contributed by atoms with Gasteiger partial charge in [0.2, 0.25) is 0 Å². The number of nitro benzene ring substituents is 1. The van der Waals surface area contributed by atoms with E-state index in [2.05, 4.69) is 0 Å². The fraction of sp³-hybridized carbons (Fsp3) is 0.231. The van der Waals surface area contributed by atoms with Gasteiger partial charge in [-0.3, -0.25) is 15.1 Å². The van der Waals surface area contributed by atoms with Crippen molar-refractivity contribution in [2.24, 2.45) is 4.99 Å². The fourth-order valence-electron chi connectivity index (χ4n) is 3.32. The Morgan fingerprint density at radius 1 is 1.00 bits per heavy atom. The van der Waals surface area contributed by atoms with Crippen LogP contribution in [-0.4, -0.2) is 28.2 Å². The van der Waals surface area contributed by atoms with Crippen LogP contribution in [0.1, 0.15) is 37.5 Å². The first kappa shape index (κ1) is 23.8. The Balaban J connectivity index is 2.14. The van der Waals surface area contributed by atoms with Gasteiger partial charge in [0.15, 0.2) is 6.04 Å². The summed E-state index contributed by atoms with van der Waals surface area (Å²) in [6.07, 6.45) is -0.188. The molecule has 0 heterocycles. The summed E-state index contributed by atoms with van der Waals surface area (Å²) in [7, 11) is 0. The third kappa shape index (κ3) is 6.55. The number of halogens is 1. The van der Waals surface area contributed by atoms with Crippen LogP contribution in [0, 0.1) is 15.9 Å². The van der Waals surface area contributed by atoms with Gasteiger partial charge in [-0.25, -0.2) is 9.18 Å². The molecule has 1 unspecified atom stereocenters. The molecule has 0 saturated heterocycles. The van der Waals surface area contributed by atoms with Crippen molar-refractivity contribution in [3.63, 3.8) is 0 Å². The Morgan fingerprint density at radius 2 is 1.55 bits per heavy atom. The zero-order valence-corrected chi connectivity index (χ0v) is 18.7. The first-order valence-corrected chi connectivity index (χ1v) is 10.5. The van der Waals surface area contributed by atoms with Gasteiger partial charge in [0.05, 0.1) is 10.6 Å². The van der Waals surface area contributed by atoms with Gasteiger partial charge in [-0.2, -0.15) is 0 Å². The SMILES string of the molecule is CC(C)(C)OC(=O)C(Cc1cc(F)ccc1[N+](=O)[O-])N=C(c1ccccc1)c1ccccc1. The standard InChI is InChI=1S/C26H25FN2O4/c1-26(2,3)33-25(30)22(17-20-16-21(27)14-15-23(20)29(31)32)28-24(18-10-6-4-7-11-18)19-12-8-5-9-13-19/h4-16,22H,17H2,1-3H3. The maximum atomic E-state index is 14.0. The Hall–Kier alpha value is -3.87. The van der Waals surface area contributed by atoms with E-state index in [4.69, 9.17) is 9.73 Å². The highest BCUT2D eigenvalue weighted by Gasteiger charge is 2.29. The monoisotopic (exact) mass is 448 g/mol. The molecule has 3 rings (SSSR count). The number of nitrogens with zero attached hydrogens (tertiary/aromatic N) is 2. The lowest BCUT2D eigenvalue weighted by atomic mass is 10.00. The molecule has 1 atom stereocenters. The molecule has 3 aromatic carbocycles. The second-order valence-electron chi connectivity index (χ2n) is 8.49. The molecule has 7 heteroatoms. The summed E-state index contributed by atoms with van der Waals surface area (Å²) in [4.78, 5) is 28.8. The first-order chi connectivity index (χ1) is 15.6. The van der Waals surface area contributed by atoms with Gasteiger partial charge in [0.25, 0.3) is 5.69 Å². The molecule has 0 fully saturated rings. The van der Waals surface area contributed by atoms with Crippen molar-refractivity contribution >= 4 is 17.4 Å². The highest BCUT2D eigenvalue weighted by Crippen LogP contribution is 2.24. The number of carbonyl (C=O) groups is 1. The van der Waals surface area contributed by atoms with E-state index in [0.29, 0.717) is 5.71 Å². The maximum Gasteiger partial charge on any atom is 0.331 e. The zero-order valence-electron chi connectivity index (χ0n) is 18.7. The Labute approximate surface area is 191 Å². The van der Waals surface area contributed by atoms with Gasteiger partial charge in [-0.05, 0) is 32.9 Å². The lowest BCUT2D eigenvalue weighted by Crippen LogP contribution is -2.33. The van der Waals surface area contributed by atoms with E-state index in [9.17, 15) is 19.3 Å². The average molecular weight is 448 g/mol. The van der Waals surface area contributed by atoms with Crippen molar-refractivity contribution in [2.45, 2.75) is 38.8 Å². The third-order valence-corrected chi connectivity index (χ3v) is 4.71. The topological polar surface area (TPSA) is 81.8 Å². The van der Waals surface area contributed by atoms with Crippen molar-refractivity contribution in [1.82, 2.24) is 0 Å². The van der Waals surface area contributed by atoms with E-state index in [-0.39, 0.29) is 17.7 Å². The Bertz CT molecular complexity index is 1110. The predicted octanol–water partition coefficient (Wildman–Crippen LogP) is 5.52. The van der Waals surface area contributed by atoms with Crippen molar-refractivity contribution in [2.75, 3.05) is 0 Å². The van der Waals surface area contributed by atoms with Crippen molar-refractivity contribution in [3.05, 3.63) is 111 Å². The van der Waals surface area contributed by atoms with E-state index >= 15 is 0 Å². The van der Waals surface area contributed by atoms with Crippen LogP contribution in [0.15, 0.2) is 83.9 Å². The molecule has 0 radical (unpaired) electrons. The Kier molecular flexibility index (Phi) is 7.33. The molecule has 33 heavy (non-hydrogen) atoms. The number of ether oxygens (including phenoxy) is 1. The average Bonchev–Trinajstić information content (AvgIpc) is 2.76. The number of rotatable bonds is 7. The summed E-state index contributed by atoms with van der Waals surface area (Å²) < 4.78 is 19.5. The van der Waals surface area contributed by atoms with Crippen molar-refractivity contribution < 1.29 is 18.8 Å². The van der Waals surface area contributed by atoms with Gasteiger partial charge in [0.1, 0.15) is 11.4 Å². The molecule has 3 aromatic rings. The van der Waals surface area contributed by atoms with Gasteiger partial charge >= 0.3 is 5.97 Å². The van der Waals surface area contributed by atoms with Crippen LogP contribution >= 0.6 is 0 Å². The number of benzene rings is 3. The highest BCUT2D eigenvalue weighted by atomic mass is 19.1. The van der Waals surface area contributed by atoms with Gasteiger partial charge in [0, 0.05) is 29.2 Å². The summed E-state index contributed by atoms with van der Waals surface area (Å²) in [5.74, 6) is -1.28. The largest absolute Gasteiger partial charge is 0.458 e. The Morgan fingerprint density at radius 3 is 2.03 bits per heavy atom. The fourth-order valence-corrected chi connectivity index (χ4v) is 3.32. The van der Waals surface area contributed by atoms with Gasteiger partial charge in [-0.1, -0.05) is 60.7 Å². The van der Waals surface area contributed by atoms with Crippen LogP contribution in [-0.2, 0) is 16.0 Å². The molecule has 6 nitrogen and oxygen atoms in total. The first-order valence-electron chi connectivity index (χ1n) is 10.5. The lowest BCUT2D eigenvalue weighted by Gasteiger charge is -2.23. The van der Waals surface area contributed by atoms with Crippen LogP contribution in [0.4, 0.5) is 10.1 Å². The molecule has 0 aliphatic heterocycles. The molecule has 0 aliphatic carbocycles. The normalized spacial score (nSPS) is 12.0. The molecule has 0 N–H and O–H groups in total. The minimum Gasteiger partial charge on any atom is -0.458 e. The van der Waals surface area contributed by atoms with Crippen molar-refractivity contribution in [1.29, 1.82) is 0 Å². The minimum atomic E-state index is -1.12. The molecular formula is C26H25FN2O4. The van der Waals surface area contributed by atoms with Crippen LogP contribution in [0.25, 0.3) is 0 Å². The summed E-state index contributed by atoms with van der Waals surface area (Å²) in [6, 6.07) is 20.7. The molecule has 0 spiro atoms. The highest BCUT2D eigenvalue weighted by molar-refractivity contribution is 6.13. The maximum absolute atomic E-state index is 14.0. The molecule has 0 aliphatic rings. The zero-order chi connectivity index (χ0) is 24.0. The summed E-state index contributed by atoms with van der Waals surface area (Å²) in [5, 5.41) is 11.5. The van der Waals surface area contributed by atoms with Crippen molar-refractivity contribution in [3.8, 4) is 0 Å². The smallest absolute Gasteiger partial charge is 0.331 e. The number of nitro groups is 1. The molecule has 0 bridgehead atoms. The van der Waals surface area contributed by atoms with E-state index in [0.717, 1.165) is 29.3 Å². The molecular weight excluding hydrogens is 423 g/mol. The van der Waals surface area contributed by atoms with Crippen LogP contribution < -0.4 is 0 Å². The lowest BCUT2D eigenvalue weighted by molar-refractivity contribution is -0.385. The second kappa shape index (κ2) is 10.2. The van der Waals surface area contributed by atoms with Gasteiger partial charge in [-0.15, -0.1) is 0 Å². The predicted molar refractivity (Wildman–Crippen MR) is 125 cm³/mol. The minimum absolute atomic E-state index is 0.0695. The second-order valence-corrected chi connectivity index (χ2v) is 8.49. The molecule has 170 valence electrons. The quantitative estimate of drug-likeness (QED) is 0.206. The van der Waals surface area contributed by atoms with E-state index in [1.54, 1.807) is 20.8 Å². The third-order valence-electron chi connectivity index (χ3n) is 4.71. The molecule has 0 amide bonds. The summed E-state index contributed by atoms with van der Waals surface area (Å²) in [5.41, 5.74) is 1.07.